The summed E-state index contributed by atoms with van der Waals surface area (Å²) in [6.07, 6.45) is 1.54. The molecule has 0 bridgehead atoms. The van der Waals surface area contributed by atoms with Crippen LogP contribution >= 0.6 is 34.5 Å². The zero-order chi connectivity index (χ0) is 20.0. The van der Waals surface area contributed by atoms with E-state index in [2.05, 4.69) is 4.72 Å². The van der Waals surface area contributed by atoms with Crippen LogP contribution in [-0.4, -0.2) is 39.6 Å². The van der Waals surface area contributed by atoms with E-state index in [0.717, 1.165) is 11.1 Å². The molecular weight excluding hydrogens is 433 g/mol. The van der Waals surface area contributed by atoms with Gasteiger partial charge in [0.1, 0.15) is 0 Å². The van der Waals surface area contributed by atoms with Gasteiger partial charge in [0, 0.05) is 11.4 Å². The number of esters is 1. The molecule has 0 aliphatic heterocycles. The van der Waals surface area contributed by atoms with Crippen LogP contribution in [0.4, 0.5) is 0 Å². The number of hydrogen-bond acceptors (Lipinski definition) is 6. The Labute approximate surface area is 171 Å². The molecular formula is C17H17Cl2NO5S2. The number of Topliss-reactive ketones (excluding diaryl/α,β-unsaturated/α-hetero) is 1. The van der Waals surface area contributed by atoms with E-state index < -0.39 is 16.0 Å². The molecule has 0 unspecified atom stereocenters. The Morgan fingerprint density at radius 1 is 1.15 bits per heavy atom. The molecule has 1 aromatic heterocycles. The van der Waals surface area contributed by atoms with Gasteiger partial charge in [-0.25, -0.2) is 13.1 Å². The van der Waals surface area contributed by atoms with Crippen molar-refractivity contribution in [3.63, 3.8) is 0 Å². The maximum atomic E-state index is 12.1. The van der Waals surface area contributed by atoms with Crippen LogP contribution in [0.2, 0.25) is 10.0 Å². The van der Waals surface area contributed by atoms with Crippen molar-refractivity contribution < 1.29 is 22.7 Å². The molecule has 0 aliphatic carbocycles. The van der Waals surface area contributed by atoms with Crippen molar-refractivity contribution in [2.45, 2.75) is 12.8 Å². The molecule has 146 valence electrons. The molecule has 0 amide bonds. The molecule has 27 heavy (non-hydrogen) atoms. The van der Waals surface area contributed by atoms with E-state index in [0.29, 0.717) is 26.9 Å². The summed E-state index contributed by atoms with van der Waals surface area (Å²) >= 11 is 13.0. The molecule has 0 aliphatic rings. The monoisotopic (exact) mass is 449 g/mol. The molecule has 1 heterocycles. The number of sulfonamides is 1. The average molecular weight is 450 g/mol. The van der Waals surface area contributed by atoms with Crippen LogP contribution in [0.5, 0.6) is 0 Å². The highest BCUT2D eigenvalue weighted by Crippen LogP contribution is 2.23. The van der Waals surface area contributed by atoms with E-state index in [1.165, 1.54) is 11.3 Å². The summed E-state index contributed by atoms with van der Waals surface area (Å²) in [5.41, 5.74) is 0.638. The van der Waals surface area contributed by atoms with Crippen molar-refractivity contribution in [3.8, 4) is 0 Å². The van der Waals surface area contributed by atoms with Crippen LogP contribution in [0, 0.1) is 0 Å². The fourth-order valence-electron chi connectivity index (χ4n) is 2.11. The zero-order valence-electron chi connectivity index (χ0n) is 14.3. The zero-order valence-corrected chi connectivity index (χ0v) is 17.5. The first-order chi connectivity index (χ1) is 12.6. The third-order valence-corrected chi connectivity index (χ3v) is 6.02. The predicted octanol–water partition coefficient (Wildman–Crippen LogP) is 3.12. The molecule has 1 N–H and O–H groups in total. The summed E-state index contributed by atoms with van der Waals surface area (Å²) in [4.78, 5) is 25.3. The Balaban J connectivity index is 1.81. The molecule has 0 saturated heterocycles. The lowest BCUT2D eigenvalue weighted by Crippen LogP contribution is -2.24. The van der Waals surface area contributed by atoms with Gasteiger partial charge in [-0.05, 0) is 36.2 Å². The van der Waals surface area contributed by atoms with Crippen molar-refractivity contribution in [1.29, 1.82) is 0 Å². The first-order valence-electron chi connectivity index (χ1n) is 7.80. The Hall–Kier alpha value is -1.45. The van der Waals surface area contributed by atoms with Crippen LogP contribution in [0.15, 0.2) is 30.3 Å². The molecule has 0 radical (unpaired) electrons. The summed E-state index contributed by atoms with van der Waals surface area (Å²) in [7, 11) is -3.24. The second kappa shape index (κ2) is 9.66. The number of rotatable bonds is 9. The van der Waals surface area contributed by atoms with Crippen molar-refractivity contribution >= 4 is 56.3 Å². The second-order valence-electron chi connectivity index (χ2n) is 5.69. The molecule has 0 saturated carbocycles. The number of carbonyl (C=O) groups excluding carboxylic acids is 2. The van der Waals surface area contributed by atoms with Crippen molar-refractivity contribution in [2.24, 2.45) is 0 Å². The van der Waals surface area contributed by atoms with Gasteiger partial charge in [0.15, 0.2) is 6.61 Å². The highest BCUT2D eigenvalue weighted by Gasteiger charge is 2.14. The molecule has 10 heteroatoms. The standard InChI is InChI=1S/C17H17Cl2NO5S2/c1-27(23,24)20-7-6-12-3-5-16(26-12)15(21)10-25-17(22)9-11-2-4-13(18)14(19)8-11/h2-5,8,20H,6-7,9-10H2,1H3. The molecule has 1 aromatic carbocycles. The number of halogens is 2. The third kappa shape index (κ3) is 7.59. The first kappa shape index (κ1) is 21.8. The Morgan fingerprint density at radius 3 is 2.56 bits per heavy atom. The van der Waals surface area contributed by atoms with Gasteiger partial charge in [0.25, 0.3) is 0 Å². The lowest BCUT2D eigenvalue weighted by atomic mass is 10.1. The number of thiophene rings is 1. The van der Waals surface area contributed by atoms with Crippen LogP contribution < -0.4 is 4.72 Å². The predicted molar refractivity (Wildman–Crippen MR) is 106 cm³/mol. The minimum Gasteiger partial charge on any atom is -0.457 e. The normalized spacial score (nSPS) is 11.4. The minimum atomic E-state index is -3.24. The Bertz CT molecular complexity index is 941. The molecule has 0 fully saturated rings. The van der Waals surface area contributed by atoms with E-state index in [-0.39, 0.29) is 25.4 Å². The van der Waals surface area contributed by atoms with Crippen LogP contribution in [0.1, 0.15) is 20.1 Å². The van der Waals surface area contributed by atoms with Crippen LogP contribution in [0.3, 0.4) is 0 Å². The highest BCUT2D eigenvalue weighted by molar-refractivity contribution is 7.88. The smallest absolute Gasteiger partial charge is 0.310 e. The number of ether oxygens (including phenoxy) is 1. The maximum absolute atomic E-state index is 12.1. The minimum absolute atomic E-state index is 0.0168. The topological polar surface area (TPSA) is 89.5 Å². The van der Waals surface area contributed by atoms with E-state index in [4.69, 9.17) is 27.9 Å². The molecule has 0 atom stereocenters. The fraction of sp³-hybridized carbons (Fsp3) is 0.294. The number of carbonyl (C=O) groups is 2. The van der Waals surface area contributed by atoms with Crippen molar-refractivity contribution in [1.82, 2.24) is 4.72 Å². The number of hydrogen-bond donors (Lipinski definition) is 1. The molecule has 0 spiro atoms. The SMILES string of the molecule is CS(=O)(=O)NCCc1ccc(C(=O)COC(=O)Cc2ccc(Cl)c(Cl)c2)s1. The second-order valence-corrected chi connectivity index (χ2v) is 9.51. The van der Waals surface area contributed by atoms with Gasteiger partial charge >= 0.3 is 5.97 Å². The van der Waals surface area contributed by atoms with Crippen molar-refractivity contribution in [3.05, 3.63) is 55.7 Å². The van der Waals surface area contributed by atoms with Gasteiger partial charge in [0.05, 0.1) is 27.6 Å². The quantitative estimate of drug-likeness (QED) is 0.469. The van der Waals surface area contributed by atoms with Gasteiger partial charge < -0.3 is 4.74 Å². The maximum Gasteiger partial charge on any atom is 0.310 e. The molecule has 2 rings (SSSR count). The van der Waals surface area contributed by atoms with Gasteiger partial charge in [-0.2, -0.15) is 0 Å². The third-order valence-electron chi connectivity index (χ3n) is 3.37. The lowest BCUT2D eigenvalue weighted by molar-refractivity contribution is -0.141. The summed E-state index contributed by atoms with van der Waals surface area (Å²) in [6.45, 7) is -0.104. The van der Waals surface area contributed by atoms with Gasteiger partial charge in [-0.15, -0.1) is 11.3 Å². The van der Waals surface area contributed by atoms with Crippen LogP contribution in [-0.2, 0) is 32.4 Å². The molecule has 2 aromatic rings. The van der Waals surface area contributed by atoms with E-state index in [1.807, 2.05) is 0 Å². The van der Waals surface area contributed by atoms with Gasteiger partial charge in [-0.1, -0.05) is 29.3 Å². The highest BCUT2D eigenvalue weighted by atomic mass is 35.5. The number of benzene rings is 1. The summed E-state index contributed by atoms with van der Waals surface area (Å²) in [5, 5.41) is 0.735. The van der Waals surface area contributed by atoms with Crippen LogP contribution in [0.25, 0.3) is 0 Å². The van der Waals surface area contributed by atoms with E-state index >= 15 is 0 Å². The summed E-state index contributed by atoms with van der Waals surface area (Å²) in [5.74, 6) is -0.860. The van der Waals surface area contributed by atoms with Gasteiger partial charge in [0.2, 0.25) is 15.8 Å². The lowest BCUT2D eigenvalue weighted by Gasteiger charge is -2.05. The van der Waals surface area contributed by atoms with Crippen molar-refractivity contribution in [2.75, 3.05) is 19.4 Å². The fourth-order valence-corrected chi connectivity index (χ4v) is 3.83. The Morgan fingerprint density at radius 2 is 1.89 bits per heavy atom. The average Bonchev–Trinajstić information content (AvgIpc) is 3.04. The number of ketones is 1. The van der Waals surface area contributed by atoms with E-state index in [9.17, 15) is 18.0 Å². The molecule has 6 nitrogen and oxygen atoms in total. The Kier molecular flexibility index (Phi) is 7.81. The number of nitrogens with one attached hydrogen (secondary N) is 1. The largest absolute Gasteiger partial charge is 0.457 e. The van der Waals surface area contributed by atoms with E-state index in [1.54, 1.807) is 30.3 Å². The summed E-state index contributed by atoms with van der Waals surface area (Å²) in [6, 6.07) is 8.20. The van der Waals surface area contributed by atoms with Gasteiger partial charge in [-0.3, -0.25) is 9.59 Å². The summed E-state index contributed by atoms with van der Waals surface area (Å²) < 4.78 is 29.5. The first-order valence-corrected chi connectivity index (χ1v) is 11.3.